The van der Waals surface area contributed by atoms with Crippen molar-refractivity contribution in [1.29, 1.82) is 0 Å². The summed E-state index contributed by atoms with van der Waals surface area (Å²) in [6.07, 6.45) is 0.910. The van der Waals surface area contributed by atoms with Crippen LogP contribution in [0.5, 0.6) is 0 Å². The Bertz CT molecular complexity index is 401. The molecule has 1 unspecified atom stereocenters. The summed E-state index contributed by atoms with van der Waals surface area (Å²) in [7, 11) is 0. The molecule has 1 aromatic rings. The lowest BCUT2D eigenvalue weighted by Crippen LogP contribution is -2.35. The quantitative estimate of drug-likeness (QED) is 0.736. The van der Waals surface area contributed by atoms with Gasteiger partial charge in [-0.1, -0.05) is 63.9 Å². The van der Waals surface area contributed by atoms with Crippen molar-refractivity contribution in [2.24, 2.45) is 17.3 Å². The summed E-state index contributed by atoms with van der Waals surface area (Å²) in [6, 6.07) is 5.74. The first-order chi connectivity index (χ1) is 9.21. The zero-order chi connectivity index (χ0) is 15.3. The Morgan fingerprint density at radius 1 is 1.05 bits per heavy atom. The molecule has 114 valence electrons. The second kappa shape index (κ2) is 7.68. The molecule has 0 aliphatic heterocycles. The first-order valence-electron chi connectivity index (χ1n) is 7.35. The molecule has 1 nitrogen and oxygen atoms in total. The summed E-state index contributed by atoms with van der Waals surface area (Å²) in [4.78, 5) is 0. The number of hydrogen-bond acceptors (Lipinski definition) is 1. The largest absolute Gasteiger partial charge is 0.316 e. The third-order valence-electron chi connectivity index (χ3n) is 3.68. The van der Waals surface area contributed by atoms with Crippen LogP contribution in [0.4, 0.5) is 0 Å². The third kappa shape index (κ3) is 5.63. The van der Waals surface area contributed by atoms with E-state index in [1.165, 1.54) is 0 Å². The molecule has 0 amide bonds. The van der Waals surface area contributed by atoms with Gasteiger partial charge in [-0.05, 0) is 54.5 Å². The fourth-order valence-corrected chi connectivity index (χ4v) is 2.76. The highest BCUT2D eigenvalue weighted by Gasteiger charge is 2.26. The first kappa shape index (κ1) is 17.8. The second-order valence-corrected chi connectivity index (χ2v) is 7.83. The molecule has 1 rings (SSSR count). The molecule has 1 atom stereocenters. The van der Waals surface area contributed by atoms with Crippen LogP contribution in [-0.4, -0.2) is 13.1 Å². The van der Waals surface area contributed by atoms with Crippen molar-refractivity contribution in [2.75, 3.05) is 13.1 Å². The molecule has 0 aliphatic carbocycles. The van der Waals surface area contributed by atoms with Crippen molar-refractivity contribution in [3.8, 4) is 0 Å². The lowest BCUT2D eigenvalue weighted by molar-refractivity contribution is 0.228. The van der Waals surface area contributed by atoms with Gasteiger partial charge in [-0.3, -0.25) is 0 Å². The van der Waals surface area contributed by atoms with E-state index >= 15 is 0 Å². The summed E-state index contributed by atoms with van der Waals surface area (Å²) in [6.45, 7) is 13.3. The van der Waals surface area contributed by atoms with Crippen LogP contribution in [0.1, 0.15) is 40.2 Å². The molecule has 1 aromatic carbocycles. The molecule has 0 fully saturated rings. The topological polar surface area (TPSA) is 12.0 Å². The minimum Gasteiger partial charge on any atom is -0.316 e. The molecule has 0 saturated carbocycles. The monoisotopic (exact) mass is 315 g/mol. The van der Waals surface area contributed by atoms with Crippen LogP contribution < -0.4 is 5.32 Å². The van der Waals surface area contributed by atoms with Crippen LogP contribution in [0.2, 0.25) is 10.0 Å². The van der Waals surface area contributed by atoms with E-state index in [4.69, 9.17) is 23.2 Å². The van der Waals surface area contributed by atoms with Crippen molar-refractivity contribution in [2.45, 2.75) is 41.0 Å². The van der Waals surface area contributed by atoms with Gasteiger partial charge in [0.2, 0.25) is 0 Å². The van der Waals surface area contributed by atoms with E-state index in [1.54, 1.807) is 0 Å². The maximum atomic E-state index is 6.30. The van der Waals surface area contributed by atoms with Gasteiger partial charge in [0.1, 0.15) is 0 Å². The number of halogens is 2. The molecule has 0 heterocycles. The molecule has 0 radical (unpaired) electrons. The number of rotatable bonds is 6. The average molecular weight is 316 g/mol. The lowest BCUT2D eigenvalue weighted by Gasteiger charge is -2.32. The normalized spacial score (nSPS) is 13.8. The predicted molar refractivity (Wildman–Crippen MR) is 90.8 cm³/mol. The summed E-state index contributed by atoms with van der Waals surface area (Å²) >= 11 is 12.6. The van der Waals surface area contributed by atoms with E-state index in [0.29, 0.717) is 11.8 Å². The van der Waals surface area contributed by atoms with Crippen LogP contribution in [0, 0.1) is 17.3 Å². The molecular formula is C17H27Cl2N. The highest BCUT2D eigenvalue weighted by Crippen LogP contribution is 2.33. The Hall–Kier alpha value is -0.240. The SMILES string of the molecule is CC(C)CNCC(Cc1c(Cl)cccc1Cl)C(C)(C)C. The van der Waals surface area contributed by atoms with Gasteiger partial charge in [-0.2, -0.15) is 0 Å². The Labute approximate surface area is 134 Å². The summed E-state index contributed by atoms with van der Waals surface area (Å²) in [5, 5.41) is 5.11. The fourth-order valence-electron chi connectivity index (χ4n) is 2.20. The van der Waals surface area contributed by atoms with Gasteiger partial charge in [-0.25, -0.2) is 0 Å². The van der Waals surface area contributed by atoms with Crippen LogP contribution in [0.3, 0.4) is 0 Å². The smallest absolute Gasteiger partial charge is 0.0452 e. The maximum absolute atomic E-state index is 6.30. The molecule has 0 aromatic heterocycles. The predicted octanol–water partition coefficient (Wildman–Crippen LogP) is 5.44. The molecule has 0 saturated heterocycles. The second-order valence-electron chi connectivity index (χ2n) is 7.02. The van der Waals surface area contributed by atoms with E-state index < -0.39 is 0 Å². The molecule has 3 heteroatoms. The van der Waals surface area contributed by atoms with Gasteiger partial charge in [0.15, 0.2) is 0 Å². The van der Waals surface area contributed by atoms with Gasteiger partial charge >= 0.3 is 0 Å². The minimum atomic E-state index is 0.215. The molecular weight excluding hydrogens is 289 g/mol. The third-order valence-corrected chi connectivity index (χ3v) is 4.39. The molecule has 0 bridgehead atoms. The standard InChI is InChI=1S/C17H27Cl2N/c1-12(2)10-20-11-13(17(3,4)5)9-14-15(18)7-6-8-16(14)19/h6-8,12-13,20H,9-11H2,1-5H3. The Morgan fingerprint density at radius 3 is 2.05 bits per heavy atom. The van der Waals surface area contributed by atoms with E-state index in [1.807, 2.05) is 18.2 Å². The number of nitrogens with one attached hydrogen (secondary N) is 1. The first-order valence-corrected chi connectivity index (χ1v) is 8.11. The molecule has 0 spiro atoms. The van der Waals surface area contributed by atoms with Crippen LogP contribution in [-0.2, 0) is 6.42 Å². The highest BCUT2D eigenvalue weighted by atomic mass is 35.5. The van der Waals surface area contributed by atoms with Crippen LogP contribution in [0.25, 0.3) is 0 Å². The Balaban J connectivity index is 2.80. The zero-order valence-corrected chi connectivity index (χ0v) is 14.8. The summed E-state index contributed by atoms with van der Waals surface area (Å²) < 4.78 is 0. The number of benzene rings is 1. The average Bonchev–Trinajstić information content (AvgIpc) is 2.29. The molecule has 20 heavy (non-hydrogen) atoms. The fraction of sp³-hybridized carbons (Fsp3) is 0.647. The molecule has 0 aliphatic rings. The molecule has 1 N–H and O–H groups in total. The lowest BCUT2D eigenvalue weighted by atomic mass is 9.77. The van der Waals surface area contributed by atoms with Crippen molar-refractivity contribution < 1.29 is 0 Å². The Morgan fingerprint density at radius 2 is 1.60 bits per heavy atom. The van der Waals surface area contributed by atoms with E-state index in [9.17, 15) is 0 Å². The van der Waals surface area contributed by atoms with Gasteiger partial charge in [-0.15, -0.1) is 0 Å². The van der Waals surface area contributed by atoms with E-state index in [-0.39, 0.29) is 5.41 Å². The van der Waals surface area contributed by atoms with Crippen molar-refractivity contribution in [1.82, 2.24) is 5.32 Å². The van der Waals surface area contributed by atoms with Crippen molar-refractivity contribution >= 4 is 23.2 Å². The van der Waals surface area contributed by atoms with Crippen molar-refractivity contribution in [3.63, 3.8) is 0 Å². The van der Waals surface area contributed by atoms with Gasteiger partial charge < -0.3 is 5.32 Å². The maximum Gasteiger partial charge on any atom is 0.0452 e. The number of hydrogen-bond donors (Lipinski definition) is 1. The Kier molecular flexibility index (Phi) is 6.84. The highest BCUT2D eigenvalue weighted by molar-refractivity contribution is 6.35. The minimum absolute atomic E-state index is 0.215. The van der Waals surface area contributed by atoms with E-state index in [0.717, 1.165) is 35.1 Å². The summed E-state index contributed by atoms with van der Waals surface area (Å²) in [5.74, 6) is 1.16. The zero-order valence-electron chi connectivity index (χ0n) is 13.3. The van der Waals surface area contributed by atoms with Gasteiger partial charge in [0, 0.05) is 10.0 Å². The van der Waals surface area contributed by atoms with E-state index in [2.05, 4.69) is 39.9 Å². The van der Waals surface area contributed by atoms with Crippen LogP contribution in [0.15, 0.2) is 18.2 Å². The summed E-state index contributed by atoms with van der Waals surface area (Å²) in [5.41, 5.74) is 1.29. The van der Waals surface area contributed by atoms with Gasteiger partial charge in [0.05, 0.1) is 0 Å². The van der Waals surface area contributed by atoms with Gasteiger partial charge in [0.25, 0.3) is 0 Å². The van der Waals surface area contributed by atoms with Crippen LogP contribution >= 0.6 is 23.2 Å². The van der Waals surface area contributed by atoms with Crippen molar-refractivity contribution in [3.05, 3.63) is 33.8 Å².